The number of aromatic nitrogens is 2. The smallest absolute Gasteiger partial charge is 0.266 e. The minimum atomic E-state index is 0.0202. The molecule has 3 aromatic rings. The van der Waals surface area contributed by atoms with E-state index in [2.05, 4.69) is 0 Å². The number of carbonyl (C=O) groups is 1. The molecule has 1 aliphatic heterocycles. The maximum absolute atomic E-state index is 13.4. The van der Waals surface area contributed by atoms with Crippen LogP contribution in [0.2, 0.25) is 0 Å². The van der Waals surface area contributed by atoms with E-state index in [1.165, 1.54) is 18.2 Å². The molecule has 2 fully saturated rings. The van der Waals surface area contributed by atoms with Gasteiger partial charge >= 0.3 is 0 Å². The summed E-state index contributed by atoms with van der Waals surface area (Å²) in [7, 11) is 1.66. The summed E-state index contributed by atoms with van der Waals surface area (Å²) in [4.78, 5) is 15.9. The lowest BCUT2D eigenvalue weighted by Crippen LogP contribution is -2.39. The van der Waals surface area contributed by atoms with Crippen LogP contribution in [0.4, 0.5) is 0 Å². The number of thiocarbonyl (C=S) groups is 1. The van der Waals surface area contributed by atoms with E-state index < -0.39 is 0 Å². The molecule has 0 atom stereocenters. The van der Waals surface area contributed by atoms with E-state index in [4.69, 9.17) is 22.1 Å². The molecule has 0 radical (unpaired) electrons. The number of benzene rings is 2. The Morgan fingerprint density at radius 1 is 1.12 bits per heavy atom. The quantitative estimate of drug-likeness (QED) is 0.307. The summed E-state index contributed by atoms with van der Waals surface area (Å²) in [5.41, 5.74) is 4.74. The molecule has 7 heteroatoms. The first-order chi connectivity index (χ1) is 16.5. The molecule has 5 rings (SSSR count). The summed E-state index contributed by atoms with van der Waals surface area (Å²) >= 11 is 7.04. The van der Waals surface area contributed by atoms with Crippen LogP contribution >= 0.6 is 24.0 Å². The molecular weight excluding hydrogens is 462 g/mol. The van der Waals surface area contributed by atoms with Crippen molar-refractivity contribution in [3.8, 4) is 22.7 Å². The molecule has 0 N–H and O–H groups in total. The van der Waals surface area contributed by atoms with Gasteiger partial charge in [-0.1, -0.05) is 61.4 Å². The second-order valence-corrected chi connectivity index (χ2v) is 10.4. The molecule has 0 spiro atoms. The number of aryl methyl sites for hydroxylation is 1. The van der Waals surface area contributed by atoms with Gasteiger partial charge in [-0.2, -0.15) is 5.10 Å². The third kappa shape index (κ3) is 4.42. The zero-order chi connectivity index (χ0) is 23.7. The highest BCUT2D eigenvalue weighted by Gasteiger charge is 2.37. The summed E-state index contributed by atoms with van der Waals surface area (Å²) in [5, 5.41) is 4.93. The van der Waals surface area contributed by atoms with E-state index in [-0.39, 0.29) is 11.9 Å². The monoisotopic (exact) mass is 489 g/mol. The number of methoxy groups -OCH3 is 1. The molecule has 174 valence electrons. The van der Waals surface area contributed by atoms with Crippen LogP contribution in [0.25, 0.3) is 23.0 Å². The molecule has 1 saturated heterocycles. The Labute approximate surface area is 209 Å². The first kappa shape index (κ1) is 22.9. The summed E-state index contributed by atoms with van der Waals surface area (Å²) in [5.74, 6) is 0.824. The molecule has 2 heterocycles. The van der Waals surface area contributed by atoms with Gasteiger partial charge in [-0.3, -0.25) is 9.69 Å². The second kappa shape index (κ2) is 9.76. The number of amides is 1. The zero-order valence-corrected chi connectivity index (χ0v) is 21.0. The number of nitrogens with zero attached hydrogens (tertiary/aromatic N) is 3. The Balaban J connectivity index is 1.56. The van der Waals surface area contributed by atoms with E-state index in [1.54, 1.807) is 7.11 Å². The molecule has 1 aliphatic carbocycles. The van der Waals surface area contributed by atoms with Crippen molar-refractivity contribution < 1.29 is 9.53 Å². The number of hydrogen-bond acceptors (Lipinski definition) is 5. The molecule has 34 heavy (non-hydrogen) atoms. The SMILES string of the molecule is COc1ccc(-c2nn(-c3ccccc3)cc2C=C2SC(=S)N(C3CCCCC3)C2=O)c(C)c1. The van der Waals surface area contributed by atoms with Crippen molar-refractivity contribution in [2.75, 3.05) is 7.11 Å². The van der Waals surface area contributed by atoms with Gasteiger partial charge < -0.3 is 4.74 Å². The number of thioether (sulfide) groups is 1. The minimum Gasteiger partial charge on any atom is -0.497 e. The van der Waals surface area contributed by atoms with Crippen LogP contribution in [-0.2, 0) is 4.79 Å². The minimum absolute atomic E-state index is 0.0202. The van der Waals surface area contributed by atoms with Gasteiger partial charge in [0.05, 0.1) is 17.7 Å². The fourth-order valence-electron chi connectivity index (χ4n) is 4.72. The first-order valence-electron chi connectivity index (χ1n) is 11.6. The molecule has 1 amide bonds. The second-order valence-electron chi connectivity index (χ2n) is 8.74. The fourth-order valence-corrected chi connectivity index (χ4v) is 6.11. The maximum atomic E-state index is 13.4. The highest BCUT2D eigenvalue weighted by molar-refractivity contribution is 8.26. The third-order valence-corrected chi connectivity index (χ3v) is 7.83. The molecule has 0 bridgehead atoms. The largest absolute Gasteiger partial charge is 0.497 e. The summed E-state index contributed by atoms with van der Waals surface area (Å²) in [6.07, 6.45) is 9.56. The van der Waals surface area contributed by atoms with Gasteiger partial charge in [0, 0.05) is 23.4 Å². The van der Waals surface area contributed by atoms with Crippen molar-refractivity contribution in [1.82, 2.24) is 14.7 Å². The number of hydrogen-bond donors (Lipinski definition) is 0. The topological polar surface area (TPSA) is 47.4 Å². The summed E-state index contributed by atoms with van der Waals surface area (Å²) < 4.78 is 7.92. The predicted octanol–water partition coefficient (Wildman–Crippen LogP) is 6.39. The highest BCUT2D eigenvalue weighted by Crippen LogP contribution is 2.39. The lowest BCUT2D eigenvalue weighted by molar-refractivity contribution is -0.124. The zero-order valence-electron chi connectivity index (χ0n) is 19.4. The van der Waals surface area contributed by atoms with Crippen LogP contribution in [0.1, 0.15) is 43.2 Å². The van der Waals surface area contributed by atoms with Gasteiger partial charge in [-0.05, 0) is 61.7 Å². The van der Waals surface area contributed by atoms with Crippen LogP contribution < -0.4 is 4.74 Å². The van der Waals surface area contributed by atoms with Crippen LogP contribution in [-0.4, -0.2) is 38.1 Å². The van der Waals surface area contributed by atoms with Crippen molar-refractivity contribution >= 4 is 40.3 Å². The van der Waals surface area contributed by atoms with Crippen LogP contribution in [0.5, 0.6) is 5.75 Å². The van der Waals surface area contributed by atoms with Gasteiger partial charge in [-0.25, -0.2) is 4.68 Å². The normalized spacial score (nSPS) is 18.2. The van der Waals surface area contributed by atoms with Gasteiger partial charge in [-0.15, -0.1) is 0 Å². The van der Waals surface area contributed by atoms with Crippen molar-refractivity contribution in [3.63, 3.8) is 0 Å². The maximum Gasteiger partial charge on any atom is 0.266 e. The predicted molar refractivity (Wildman–Crippen MR) is 142 cm³/mol. The fraction of sp³-hybridized carbons (Fsp3) is 0.296. The van der Waals surface area contributed by atoms with Crippen molar-refractivity contribution in [2.45, 2.75) is 45.1 Å². The molecular formula is C27H27N3O2S2. The average molecular weight is 490 g/mol. The molecule has 2 aromatic carbocycles. The van der Waals surface area contributed by atoms with Crippen molar-refractivity contribution in [2.24, 2.45) is 0 Å². The van der Waals surface area contributed by atoms with Gasteiger partial charge in [0.1, 0.15) is 15.8 Å². The molecule has 2 aliphatic rings. The van der Waals surface area contributed by atoms with Crippen molar-refractivity contribution in [1.29, 1.82) is 0 Å². The Hall–Kier alpha value is -2.90. The molecule has 1 aromatic heterocycles. The summed E-state index contributed by atoms with van der Waals surface area (Å²) in [6.45, 7) is 2.05. The third-order valence-electron chi connectivity index (χ3n) is 6.50. The highest BCUT2D eigenvalue weighted by atomic mass is 32.2. The average Bonchev–Trinajstić information content (AvgIpc) is 3.40. The first-order valence-corrected chi connectivity index (χ1v) is 12.8. The number of rotatable bonds is 5. The lowest BCUT2D eigenvalue weighted by atomic mass is 9.94. The standard InChI is InChI=1S/C27H27N3O2S2/c1-18-15-22(32-2)13-14-23(18)25-19(17-29(28-25)20-9-5-3-6-10-20)16-24-26(31)30(27(33)34-24)21-11-7-4-8-12-21/h3,5-6,9-10,13-17,21H,4,7-8,11-12H2,1-2H3. The number of ether oxygens (including phenoxy) is 1. The van der Waals surface area contributed by atoms with Gasteiger partial charge in [0.25, 0.3) is 5.91 Å². The summed E-state index contributed by atoms with van der Waals surface area (Å²) in [6, 6.07) is 16.2. The number of carbonyl (C=O) groups excluding carboxylic acids is 1. The van der Waals surface area contributed by atoms with Crippen LogP contribution in [0.3, 0.4) is 0 Å². The molecule has 0 unspecified atom stereocenters. The number of para-hydroxylation sites is 1. The Morgan fingerprint density at radius 3 is 2.59 bits per heavy atom. The van der Waals surface area contributed by atoms with Gasteiger partial charge in [0.15, 0.2) is 0 Å². The molecule has 5 nitrogen and oxygen atoms in total. The molecule has 1 saturated carbocycles. The van der Waals surface area contributed by atoms with Crippen LogP contribution in [0.15, 0.2) is 59.6 Å². The lowest BCUT2D eigenvalue weighted by Gasteiger charge is -2.29. The van der Waals surface area contributed by atoms with E-state index in [9.17, 15) is 4.79 Å². The van der Waals surface area contributed by atoms with Gasteiger partial charge in [0.2, 0.25) is 0 Å². The van der Waals surface area contributed by atoms with E-state index >= 15 is 0 Å². The Kier molecular flexibility index (Phi) is 6.57. The van der Waals surface area contributed by atoms with Crippen LogP contribution in [0, 0.1) is 6.92 Å². The van der Waals surface area contributed by atoms with E-state index in [0.717, 1.165) is 59.5 Å². The Bertz CT molecular complexity index is 1260. The van der Waals surface area contributed by atoms with E-state index in [0.29, 0.717) is 9.23 Å². The van der Waals surface area contributed by atoms with Crippen molar-refractivity contribution in [3.05, 3.63) is 70.8 Å². The van der Waals surface area contributed by atoms with E-state index in [1.807, 2.05) is 77.3 Å². The Morgan fingerprint density at radius 2 is 1.88 bits per heavy atom.